The number of carbonyl (C=O) groups is 2. The molecular weight excluding hydrogens is 420 g/mol. The van der Waals surface area contributed by atoms with Crippen molar-refractivity contribution in [3.8, 4) is 11.5 Å². The fourth-order valence-corrected chi connectivity index (χ4v) is 3.75. The number of benzene rings is 3. The molecule has 0 aliphatic rings. The molecule has 4 aromatic rings. The van der Waals surface area contributed by atoms with Crippen LogP contribution in [0.3, 0.4) is 0 Å². The molecule has 0 saturated heterocycles. The first kappa shape index (κ1) is 21.3. The Balaban J connectivity index is 1.35. The van der Waals surface area contributed by atoms with Crippen molar-refractivity contribution in [1.29, 1.82) is 0 Å². The van der Waals surface area contributed by atoms with Crippen LogP contribution in [-0.4, -0.2) is 11.8 Å². The second-order valence-electron chi connectivity index (χ2n) is 7.10. The highest BCUT2D eigenvalue weighted by molar-refractivity contribution is 7.09. The zero-order valence-electron chi connectivity index (χ0n) is 17.3. The SMILES string of the molecule is O=C(Cc1ccc(NC(=O)c2ccccc2Oc2ccccc2)cc1)NCc1cccs1. The summed E-state index contributed by atoms with van der Waals surface area (Å²) in [5.74, 6) is 0.838. The van der Waals surface area contributed by atoms with Crippen LogP contribution in [0.4, 0.5) is 5.69 Å². The molecule has 3 aromatic carbocycles. The van der Waals surface area contributed by atoms with E-state index >= 15 is 0 Å². The predicted octanol–water partition coefficient (Wildman–Crippen LogP) is 5.65. The maximum atomic E-state index is 12.8. The molecule has 160 valence electrons. The van der Waals surface area contributed by atoms with Gasteiger partial charge in [-0.2, -0.15) is 0 Å². The number of hydrogen-bond acceptors (Lipinski definition) is 4. The maximum Gasteiger partial charge on any atom is 0.259 e. The monoisotopic (exact) mass is 442 g/mol. The van der Waals surface area contributed by atoms with Crippen molar-refractivity contribution in [2.75, 3.05) is 5.32 Å². The van der Waals surface area contributed by atoms with Gasteiger partial charge in [-0.1, -0.05) is 48.5 Å². The number of anilines is 1. The Labute approximate surface area is 190 Å². The Morgan fingerprint density at radius 3 is 2.31 bits per heavy atom. The number of amides is 2. The van der Waals surface area contributed by atoms with Gasteiger partial charge in [-0.25, -0.2) is 0 Å². The average Bonchev–Trinajstić information content (AvgIpc) is 3.34. The molecule has 32 heavy (non-hydrogen) atoms. The highest BCUT2D eigenvalue weighted by atomic mass is 32.1. The molecule has 6 heteroatoms. The number of rotatable bonds is 8. The van der Waals surface area contributed by atoms with Gasteiger partial charge in [-0.15, -0.1) is 11.3 Å². The number of nitrogens with one attached hydrogen (secondary N) is 2. The predicted molar refractivity (Wildman–Crippen MR) is 127 cm³/mol. The fraction of sp³-hybridized carbons (Fsp3) is 0.0769. The van der Waals surface area contributed by atoms with Crippen molar-refractivity contribution >= 4 is 28.8 Å². The molecule has 0 aliphatic carbocycles. The Morgan fingerprint density at radius 1 is 0.812 bits per heavy atom. The summed E-state index contributed by atoms with van der Waals surface area (Å²) >= 11 is 1.61. The average molecular weight is 443 g/mol. The van der Waals surface area contributed by atoms with Crippen molar-refractivity contribution < 1.29 is 14.3 Å². The van der Waals surface area contributed by atoms with Crippen LogP contribution in [0.25, 0.3) is 0 Å². The minimum Gasteiger partial charge on any atom is -0.457 e. The van der Waals surface area contributed by atoms with Crippen molar-refractivity contribution in [2.24, 2.45) is 0 Å². The molecule has 2 N–H and O–H groups in total. The van der Waals surface area contributed by atoms with E-state index in [1.807, 2.05) is 66.0 Å². The Hall–Kier alpha value is -3.90. The molecule has 0 aliphatic heterocycles. The summed E-state index contributed by atoms with van der Waals surface area (Å²) in [6.45, 7) is 0.537. The van der Waals surface area contributed by atoms with Gasteiger partial charge < -0.3 is 15.4 Å². The van der Waals surface area contributed by atoms with Crippen LogP contribution in [0.2, 0.25) is 0 Å². The summed E-state index contributed by atoms with van der Waals surface area (Å²) in [6.07, 6.45) is 0.285. The van der Waals surface area contributed by atoms with Gasteiger partial charge in [0.15, 0.2) is 0 Å². The van der Waals surface area contributed by atoms with Gasteiger partial charge in [0.1, 0.15) is 11.5 Å². The Bertz CT molecular complexity index is 1170. The summed E-state index contributed by atoms with van der Waals surface area (Å²) in [4.78, 5) is 26.1. The summed E-state index contributed by atoms with van der Waals surface area (Å²) in [6, 6.07) is 27.7. The van der Waals surface area contributed by atoms with Gasteiger partial charge in [0.2, 0.25) is 5.91 Å². The Kier molecular flexibility index (Phi) is 6.94. The van der Waals surface area contributed by atoms with Crippen LogP contribution >= 0.6 is 11.3 Å². The lowest BCUT2D eigenvalue weighted by molar-refractivity contribution is -0.120. The highest BCUT2D eigenvalue weighted by Gasteiger charge is 2.13. The molecule has 0 bridgehead atoms. The molecule has 0 fully saturated rings. The van der Waals surface area contributed by atoms with Crippen molar-refractivity contribution in [1.82, 2.24) is 5.32 Å². The first-order valence-electron chi connectivity index (χ1n) is 10.2. The first-order valence-corrected chi connectivity index (χ1v) is 11.1. The quantitative estimate of drug-likeness (QED) is 0.370. The number of thiophene rings is 1. The van der Waals surface area contributed by atoms with E-state index < -0.39 is 0 Å². The third kappa shape index (κ3) is 5.83. The molecule has 1 aromatic heterocycles. The standard InChI is InChI=1S/C26H22N2O3S/c29-25(27-18-22-9-6-16-32-22)17-19-12-14-20(15-13-19)28-26(30)23-10-4-5-11-24(23)31-21-7-2-1-3-8-21/h1-16H,17-18H2,(H,27,29)(H,28,30). The zero-order chi connectivity index (χ0) is 22.2. The molecule has 0 radical (unpaired) electrons. The van der Waals surface area contributed by atoms with Crippen molar-refractivity contribution in [3.05, 3.63) is 112 Å². The largest absolute Gasteiger partial charge is 0.457 e. The lowest BCUT2D eigenvalue weighted by atomic mass is 10.1. The molecule has 4 rings (SSSR count). The minimum atomic E-state index is -0.266. The van der Waals surface area contributed by atoms with Crippen LogP contribution in [0, 0.1) is 0 Å². The van der Waals surface area contributed by atoms with Crippen LogP contribution in [-0.2, 0) is 17.8 Å². The third-order valence-corrected chi connectivity index (χ3v) is 5.60. The van der Waals surface area contributed by atoms with Gasteiger partial charge in [0.05, 0.1) is 18.5 Å². The van der Waals surface area contributed by atoms with Crippen LogP contribution in [0.1, 0.15) is 20.8 Å². The van der Waals surface area contributed by atoms with Gasteiger partial charge in [0.25, 0.3) is 5.91 Å². The minimum absolute atomic E-state index is 0.0397. The third-order valence-electron chi connectivity index (χ3n) is 4.72. The van der Waals surface area contributed by atoms with Gasteiger partial charge in [0, 0.05) is 10.6 Å². The number of para-hydroxylation sites is 2. The highest BCUT2D eigenvalue weighted by Crippen LogP contribution is 2.26. The molecule has 0 spiro atoms. The lowest BCUT2D eigenvalue weighted by Gasteiger charge is -2.12. The summed E-state index contributed by atoms with van der Waals surface area (Å²) in [5.41, 5.74) is 1.96. The number of ether oxygens (including phenoxy) is 1. The van der Waals surface area contributed by atoms with E-state index in [0.717, 1.165) is 10.4 Å². The topological polar surface area (TPSA) is 67.4 Å². The maximum absolute atomic E-state index is 12.8. The molecule has 0 atom stereocenters. The molecule has 5 nitrogen and oxygen atoms in total. The zero-order valence-corrected chi connectivity index (χ0v) is 18.1. The second-order valence-corrected chi connectivity index (χ2v) is 8.13. The van der Waals surface area contributed by atoms with Crippen LogP contribution in [0.15, 0.2) is 96.4 Å². The summed E-state index contributed by atoms with van der Waals surface area (Å²) in [7, 11) is 0. The van der Waals surface area contributed by atoms with E-state index in [9.17, 15) is 9.59 Å². The molecule has 0 unspecified atom stereocenters. The van der Waals surface area contributed by atoms with Crippen LogP contribution in [0.5, 0.6) is 11.5 Å². The van der Waals surface area contributed by atoms with Gasteiger partial charge in [-0.05, 0) is 53.4 Å². The Morgan fingerprint density at radius 2 is 1.56 bits per heavy atom. The van der Waals surface area contributed by atoms with E-state index in [1.54, 1.807) is 41.7 Å². The molecule has 1 heterocycles. The summed E-state index contributed by atoms with van der Waals surface area (Å²) in [5, 5.41) is 7.79. The summed E-state index contributed by atoms with van der Waals surface area (Å²) < 4.78 is 5.88. The smallest absolute Gasteiger partial charge is 0.259 e. The lowest BCUT2D eigenvalue weighted by Crippen LogP contribution is -2.24. The van der Waals surface area contributed by atoms with E-state index in [2.05, 4.69) is 10.6 Å². The van der Waals surface area contributed by atoms with Crippen LogP contribution < -0.4 is 15.4 Å². The fourth-order valence-electron chi connectivity index (χ4n) is 3.11. The first-order chi connectivity index (χ1) is 15.7. The molecule has 2 amide bonds. The normalized spacial score (nSPS) is 10.4. The van der Waals surface area contributed by atoms with Crippen molar-refractivity contribution in [3.63, 3.8) is 0 Å². The molecule has 0 saturated carbocycles. The molecular formula is C26H22N2O3S. The van der Waals surface area contributed by atoms with Gasteiger partial charge in [-0.3, -0.25) is 9.59 Å². The van der Waals surface area contributed by atoms with E-state index in [1.165, 1.54) is 0 Å². The number of hydrogen-bond donors (Lipinski definition) is 2. The second kappa shape index (κ2) is 10.4. The van der Waals surface area contributed by atoms with E-state index in [0.29, 0.717) is 29.3 Å². The van der Waals surface area contributed by atoms with E-state index in [4.69, 9.17) is 4.74 Å². The number of carbonyl (C=O) groups excluding carboxylic acids is 2. The van der Waals surface area contributed by atoms with Gasteiger partial charge >= 0.3 is 0 Å². The van der Waals surface area contributed by atoms with E-state index in [-0.39, 0.29) is 18.2 Å². The van der Waals surface area contributed by atoms with Crippen molar-refractivity contribution in [2.45, 2.75) is 13.0 Å².